The SMILES string of the molecule is Cc1cc(/C=C(/C#N)C(=O)OCC(=O)NCc2cccs2)c(C)n1CC(C)C. The Balaban J connectivity index is 1.99. The van der Waals surface area contributed by atoms with E-state index < -0.39 is 18.5 Å². The summed E-state index contributed by atoms with van der Waals surface area (Å²) < 4.78 is 7.16. The van der Waals surface area contributed by atoms with E-state index in [-0.39, 0.29) is 5.57 Å². The molecule has 1 amide bonds. The van der Waals surface area contributed by atoms with Crippen molar-refractivity contribution in [2.24, 2.45) is 5.92 Å². The summed E-state index contributed by atoms with van der Waals surface area (Å²) in [5, 5.41) is 13.9. The minimum absolute atomic E-state index is 0.129. The average molecular weight is 400 g/mol. The highest BCUT2D eigenvalue weighted by molar-refractivity contribution is 7.09. The molecule has 6 nitrogen and oxygen atoms in total. The van der Waals surface area contributed by atoms with E-state index in [0.29, 0.717) is 12.5 Å². The van der Waals surface area contributed by atoms with Crippen LogP contribution < -0.4 is 5.32 Å². The van der Waals surface area contributed by atoms with Crippen LogP contribution in [-0.2, 0) is 27.4 Å². The van der Waals surface area contributed by atoms with Gasteiger partial charge in [-0.1, -0.05) is 19.9 Å². The molecule has 2 aromatic heterocycles. The second-order valence-corrected chi connectivity index (χ2v) is 7.97. The lowest BCUT2D eigenvalue weighted by atomic mass is 10.1. The third-order valence-electron chi connectivity index (χ3n) is 4.17. The van der Waals surface area contributed by atoms with E-state index in [4.69, 9.17) is 4.74 Å². The van der Waals surface area contributed by atoms with E-state index in [0.717, 1.165) is 28.4 Å². The molecule has 0 fully saturated rings. The van der Waals surface area contributed by atoms with Gasteiger partial charge in [0.2, 0.25) is 0 Å². The first kappa shape index (κ1) is 21.5. The summed E-state index contributed by atoms with van der Waals surface area (Å²) >= 11 is 1.53. The van der Waals surface area contributed by atoms with E-state index in [1.54, 1.807) is 0 Å². The van der Waals surface area contributed by atoms with Gasteiger partial charge in [0.15, 0.2) is 6.61 Å². The zero-order valence-corrected chi connectivity index (χ0v) is 17.4. The van der Waals surface area contributed by atoms with E-state index in [2.05, 4.69) is 23.7 Å². The van der Waals surface area contributed by atoms with Crippen LogP contribution in [-0.4, -0.2) is 23.1 Å². The third kappa shape index (κ3) is 5.83. The molecule has 0 aromatic carbocycles. The monoisotopic (exact) mass is 399 g/mol. The second-order valence-electron chi connectivity index (χ2n) is 6.93. The molecule has 0 saturated carbocycles. The Hall–Kier alpha value is -2.85. The zero-order valence-electron chi connectivity index (χ0n) is 16.6. The first-order valence-electron chi connectivity index (χ1n) is 9.06. The minimum Gasteiger partial charge on any atom is -0.451 e. The Kier molecular flexibility index (Phi) is 7.59. The van der Waals surface area contributed by atoms with Crippen molar-refractivity contribution in [3.05, 3.63) is 51.0 Å². The molecule has 0 unspecified atom stereocenters. The third-order valence-corrected chi connectivity index (χ3v) is 5.05. The van der Waals surface area contributed by atoms with E-state index in [1.807, 2.05) is 43.5 Å². The normalized spacial score (nSPS) is 11.4. The van der Waals surface area contributed by atoms with Crippen LogP contribution >= 0.6 is 11.3 Å². The summed E-state index contributed by atoms with van der Waals surface area (Å²) in [6, 6.07) is 7.62. The average Bonchev–Trinajstić information content (AvgIpc) is 3.26. The molecule has 7 heteroatoms. The maximum Gasteiger partial charge on any atom is 0.349 e. The number of rotatable bonds is 8. The topological polar surface area (TPSA) is 84.1 Å². The van der Waals surface area contributed by atoms with Crippen LogP contribution in [0.4, 0.5) is 0 Å². The standard InChI is InChI=1S/C21H25N3O3S/c1-14(2)12-24-15(3)8-17(16(24)4)9-18(10-22)21(26)27-13-20(25)23-11-19-6-5-7-28-19/h5-9,14H,11-13H2,1-4H3,(H,23,25)/b18-9-. The van der Waals surface area contributed by atoms with Gasteiger partial charge in [-0.25, -0.2) is 4.79 Å². The molecule has 1 N–H and O–H groups in total. The number of carbonyl (C=O) groups excluding carboxylic acids is 2. The molecule has 0 aliphatic carbocycles. The van der Waals surface area contributed by atoms with Crippen LogP contribution in [0.2, 0.25) is 0 Å². The number of carbonyl (C=O) groups is 2. The molecule has 0 saturated heterocycles. The predicted octanol–water partition coefficient (Wildman–Crippen LogP) is 3.59. The Bertz CT molecular complexity index is 902. The fraction of sp³-hybridized carbons (Fsp3) is 0.381. The fourth-order valence-corrected chi connectivity index (χ4v) is 3.42. The molecule has 0 radical (unpaired) electrons. The first-order valence-corrected chi connectivity index (χ1v) is 9.94. The van der Waals surface area contributed by atoms with Crippen LogP contribution in [0.5, 0.6) is 0 Å². The van der Waals surface area contributed by atoms with Gasteiger partial charge >= 0.3 is 5.97 Å². The molecule has 0 bridgehead atoms. The summed E-state index contributed by atoms with van der Waals surface area (Å²) in [6.45, 7) is 9.05. The van der Waals surface area contributed by atoms with E-state index in [1.165, 1.54) is 17.4 Å². The number of aryl methyl sites for hydroxylation is 1. The Morgan fingerprint density at radius 3 is 2.75 bits per heavy atom. The Morgan fingerprint density at radius 1 is 1.39 bits per heavy atom. The van der Waals surface area contributed by atoms with Gasteiger partial charge in [-0.2, -0.15) is 5.26 Å². The largest absolute Gasteiger partial charge is 0.451 e. The number of nitrogens with one attached hydrogen (secondary N) is 1. The maximum absolute atomic E-state index is 12.2. The summed E-state index contributed by atoms with van der Waals surface area (Å²) in [6.07, 6.45) is 1.52. The van der Waals surface area contributed by atoms with E-state index in [9.17, 15) is 14.9 Å². The van der Waals surface area contributed by atoms with Gasteiger partial charge in [0.25, 0.3) is 5.91 Å². The smallest absolute Gasteiger partial charge is 0.349 e. The van der Waals surface area contributed by atoms with Gasteiger partial charge < -0.3 is 14.6 Å². The fourth-order valence-electron chi connectivity index (χ4n) is 2.77. The van der Waals surface area contributed by atoms with Crippen molar-refractivity contribution >= 4 is 29.3 Å². The summed E-state index contributed by atoms with van der Waals surface area (Å²) in [5.41, 5.74) is 2.72. The summed E-state index contributed by atoms with van der Waals surface area (Å²) in [5.74, 6) is -0.730. The molecule has 2 aromatic rings. The summed E-state index contributed by atoms with van der Waals surface area (Å²) in [7, 11) is 0. The number of nitriles is 1. The molecule has 28 heavy (non-hydrogen) atoms. The van der Waals surface area contributed by atoms with Crippen molar-refractivity contribution in [3.63, 3.8) is 0 Å². The number of aromatic nitrogens is 1. The van der Waals surface area contributed by atoms with Gasteiger partial charge in [-0.05, 0) is 48.9 Å². The highest BCUT2D eigenvalue weighted by Gasteiger charge is 2.16. The van der Waals surface area contributed by atoms with Crippen LogP contribution in [0.3, 0.4) is 0 Å². The van der Waals surface area contributed by atoms with E-state index >= 15 is 0 Å². The minimum atomic E-state index is -0.803. The number of thiophene rings is 1. The highest BCUT2D eigenvalue weighted by atomic mass is 32.1. The maximum atomic E-state index is 12.2. The van der Waals surface area contributed by atoms with Crippen molar-refractivity contribution < 1.29 is 14.3 Å². The molecule has 2 heterocycles. The molecule has 2 rings (SSSR count). The molecule has 148 valence electrons. The second kappa shape index (κ2) is 9.90. The molecule has 0 aliphatic rings. The van der Waals surface area contributed by atoms with Gasteiger partial charge in [0.1, 0.15) is 11.6 Å². The lowest BCUT2D eigenvalue weighted by Crippen LogP contribution is -2.28. The predicted molar refractivity (Wildman–Crippen MR) is 109 cm³/mol. The van der Waals surface area contributed by atoms with Crippen molar-refractivity contribution in [3.8, 4) is 6.07 Å². The van der Waals surface area contributed by atoms with Crippen molar-refractivity contribution in [1.29, 1.82) is 5.26 Å². The van der Waals surface area contributed by atoms with Crippen molar-refractivity contribution in [2.75, 3.05) is 6.61 Å². The summed E-state index contributed by atoms with van der Waals surface area (Å²) in [4.78, 5) is 25.0. The molecular weight excluding hydrogens is 374 g/mol. The first-order chi connectivity index (χ1) is 13.3. The number of nitrogens with zero attached hydrogens (tertiary/aromatic N) is 2. The zero-order chi connectivity index (χ0) is 20.7. The van der Waals surface area contributed by atoms with Gasteiger partial charge in [0, 0.05) is 22.8 Å². The Morgan fingerprint density at radius 2 is 2.14 bits per heavy atom. The lowest BCUT2D eigenvalue weighted by molar-refractivity contribution is -0.144. The van der Waals surface area contributed by atoms with Crippen molar-refractivity contribution in [2.45, 2.75) is 40.8 Å². The highest BCUT2D eigenvalue weighted by Crippen LogP contribution is 2.20. The molecule has 0 atom stereocenters. The molecule has 0 aliphatic heterocycles. The lowest BCUT2D eigenvalue weighted by Gasteiger charge is -2.12. The number of amides is 1. The number of esters is 1. The van der Waals surface area contributed by atoms with Crippen LogP contribution in [0.1, 0.15) is 35.7 Å². The van der Waals surface area contributed by atoms with Crippen LogP contribution in [0.15, 0.2) is 29.2 Å². The van der Waals surface area contributed by atoms with Gasteiger partial charge in [0.05, 0.1) is 6.54 Å². The number of ether oxygens (including phenoxy) is 1. The van der Waals surface area contributed by atoms with Crippen molar-refractivity contribution in [1.82, 2.24) is 9.88 Å². The molecular formula is C21H25N3O3S. The Labute approximate surface area is 169 Å². The number of hydrogen-bond donors (Lipinski definition) is 1. The van der Waals surface area contributed by atoms with Crippen LogP contribution in [0, 0.1) is 31.1 Å². The van der Waals surface area contributed by atoms with Crippen LogP contribution in [0.25, 0.3) is 6.08 Å². The van der Waals surface area contributed by atoms with Gasteiger partial charge in [-0.3, -0.25) is 4.79 Å². The molecule has 0 spiro atoms. The quantitative estimate of drug-likeness (QED) is 0.418. The number of hydrogen-bond acceptors (Lipinski definition) is 5. The van der Waals surface area contributed by atoms with Gasteiger partial charge in [-0.15, -0.1) is 11.3 Å².